The summed E-state index contributed by atoms with van der Waals surface area (Å²) in [5.41, 5.74) is 8.17. The van der Waals surface area contributed by atoms with E-state index in [0.29, 0.717) is 5.92 Å². The van der Waals surface area contributed by atoms with Crippen LogP contribution in [0.15, 0.2) is 78.9 Å². The summed E-state index contributed by atoms with van der Waals surface area (Å²) in [6, 6.07) is 28.6. The summed E-state index contributed by atoms with van der Waals surface area (Å²) < 4.78 is 0. The second kappa shape index (κ2) is 12.1. The van der Waals surface area contributed by atoms with E-state index in [1.54, 1.807) is 6.92 Å². The minimum atomic E-state index is 0.104. The number of carbonyl (C=O) groups excluding carboxylic acids is 1. The average Bonchev–Trinajstić information content (AvgIpc) is 2.95. The van der Waals surface area contributed by atoms with Gasteiger partial charge in [0.25, 0.3) is 0 Å². The first kappa shape index (κ1) is 26.4. The van der Waals surface area contributed by atoms with Gasteiger partial charge in [0.1, 0.15) is 0 Å². The van der Waals surface area contributed by atoms with Crippen LogP contribution in [0, 0.1) is 6.92 Å². The summed E-state index contributed by atoms with van der Waals surface area (Å²) in [5, 5.41) is 2.30. The predicted molar refractivity (Wildman–Crippen MR) is 162 cm³/mol. The quantitative estimate of drug-likeness (QED) is 0.167. The number of hydrogen-bond acceptors (Lipinski definition) is 2. The van der Waals surface area contributed by atoms with Gasteiger partial charge in [-0.3, -0.25) is 4.79 Å². The van der Waals surface area contributed by atoms with Gasteiger partial charge in [-0.2, -0.15) is 0 Å². The largest absolute Gasteiger partial charge is 0.303 e. The Kier molecular flexibility index (Phi) is 8.39. The Hall–Kier alpha value is -3.23. The lowest BCUT2D eigenvalue weighted by molar-refractivity contribution is 0.101. The minimum absolute atomic E-state index is 0.104. The molecule has 4 aromatic rings. The number of piperidine rings is 1. The molecule has 1 heterocycles. The Balaban J connectivity index is 1.37. The minimum Gasteiger partial charge on any atom is -0.303 e. The summed E-state index contributed by atoms with van der Waals surface area (Å²) in [6.07, 6.45) is 7.87. The van der Waals surface area contributed by atoms with E-state index in [-0.39, 0.29) is 5.78 Å². The lowest BCUT2D eigenvalue weighted by atomic mass is 9.87. The van der Waals surface area contributed by atoms with Crippen LogP contribution in [0.4, 0.5) is 0 Å². The highest BCUT2D eigenvalue weighted by molar-refractivity contribution is 6.05. The van der Waals surface area contributed by atoms with Crippen molar-refractivity contribution in [2.75, 3.05) is 19.6 Å². The second-order valence-electron chi connectivity index (χ2n) is 11.2. The Morgan fingerprint density at radius 2 is 1.47 bits per heavy atom. The molecule has 0 N–H and O–H groups in total. The van der Waals surface area contributed by atoms with Crippen LogP contribution in [-0.2, 0) is 0 Å². The lowest BCUT2D eigenvalue weighted by Crippen LogP contribution is -2.33. The molecule has 2 heteroatoms. The molecule has 0 aromatic heterocycles. The first-order valence-electron chi connectivity index (χ1n) is 14.5. The van der Waals surface area contributed by atoms with E-state index in [1.807, 2.05) is 6.07 Å². The van der Waals surface area contributed by atoms with Crippen LogP contribution in [0.1, 0.15) is 79.8 Å². The molecule has 0 atom stereocenters. The van der Waals surface area contributed by atoms with Gasteiger partial charge in [0.05, 0.1) is 0 Å². The summed E-state index contributed by atoms with van der Waals surface area (Å²) >= 11 is 0. The van der Waals surface area contributed by atoms with Gasteiger partial charge in [0, 0.05) is 5.56 Å². The molecule has 5 rings (SSSR count). The van der Waals surface area contributed by atoms with Crippen molar-refractivity contribution in [1.29, 1.82) is 0 Å². The fraction of sp³-hybridized carbons (Fsp3) is 0.361. The van der Waals surface area contributed by atoms with Gasteiger partial charge in [-0.25, -0.2) is 0 Å². The third-order valence-electron chi connectivity index (χ3n) is 8.35. The number of benzene rings is 4. The molecular weight excluding hydrogens is 462 g/mol. The molecule has 1 aliphatic rings. The van der Waals surface area contributed by atoms with Crippen molar-refractivity contribution in [1.82, 2.24) is 4.90 Å². The van der Waals surface area contributed by atoms with Crippen LogP contribution >= 0.6 is 0 Å². The van der Waals surface area contributed by atoms with Crippen LogP contribution in [0.25, 0.3) is 33.0 Å². The predicted octanol–water partition coefficient (Wildman–Crippen LogP) is 9.44. The summed E-state index contributed by atoms with van der Waals surface area (Å²) in [5.74, 6) is 0.750. The Labute approximate surface area is 228 Å². The normalized spacial score (nSPS) is 14.7. The van der Waals surface area contributed by atoms with Crippen molar-refractivity contribution in [3.05, 3.63) is 95.6 Å². The topological polar surface area (TPSA) is 20.3 Å². The van der Waals surface area contributed by atoms with E-state index >= 15 is 0 Å². The van der Waals surface area contributed by atoms with Crippen molar-refractivity contribution >= 4 is 16.6 Å². The zero-order chi connectivity index (χ0) is 26.5. The molecule has 1 saturated heterocycles. The molecule has 1 fully saturated rings. The van der Waals surface area contributed by atoms with Crippen molar-refractivity contribution in [3.63, 3.8) is 0 Å². The van der Waals surface area contributed by atoms with Crippen molar-refractivity contribution in [3.8, 4) is 22.3 Å². The molecule has 2 nitrogen and oxygen atoms in total. The molecule has 0 saturated carbocycles. The number of Topliss-reactive ketones (excluding diaryl/α,β-unsaturated/α-hetero) is 1. The third-order valence-corrected chi connectivity index (χ3v) is 8.35. The van der Waals surface area contributed by atoms with E-state index < -0.39 is 0 Å². The summed E-state index contributed by atoms with van der Waals surface area (Å²) in [4.78, 5) is 15.1. The van der Waals surface area contributed by atoms with Crippen LogP contribution in [0.2, 0.25) is 0 Å². The molecular formula is C36H41NO. The first-order chi connectivity index (χ1) is 18.5. The number of unbranched alkanes of at least 4 members (excludes halogenated alkanes) is 3. The van der Waals surface area contributed by atoms with E-state index in [4.69, 9.17) is 0 Å². The molecule has 38 heavy (non-hydrogen) atoms. The van der Waals surface area contributed by atoms with Crippen LogP contribution < -0.4 is 0 Å². The lowest BCUT2D eigenvalue weighted by Gasteiger charge is -2.32. The van der Waals surface area contributed by atoms with Gasteiger partial charge in [0.15, 0.2) is 5.78 Å². The van der Waals surface area contributed by atoms with E-state index in [0.717, 1.165) is 16.5 Å². The van der Waals surface area contributed by atoms with Crippen molar-refractivity contribution in [2.45, 2.75) is 65.2 Å². The Morgan fingerprint density at radius 1 is 0.789 bits per heavy atom. The number of carbonyl (C=O) groups is 1. The molecule has 1 aliphatic heterocycles. The number of aryl methyl sites for hydroxylation is 1. The van der Waals surface area contributed by atoms with Gasteiger partial charge in [-0.05, 0) is 115 Å². The third kappa shape index (κ3) is 6.08. The summed E-state index contributed by atoms with van der Waals surface area (Å²) in [6.45, 7) is 9.74. The molecule has 0 aliphatic carbocycles. The molecule has 0 bridgehead atoms. The van der Waals surface area contributed by atoms with Gasteiger partial charge in [-0.15, -0.1) is 0 Å². The fourth-order valence-corrected chi connectivity index (χ4v) is 5.92. The molecule has 0 amide bonds. The van der Waals surface area contributed by atoms with E-state index in [2.05, 4.69) is 91.5 Å². The molecule has 0 radical (unpaired) electrons. The van der Waals surface area contributed by atoms with Crippen LogP contribution in [0.3, 0.4) is 0 Å². The highest BCUT2D eigenvalue weighted by atomic mass is 16.1. The molecule has 0 unspecified atom stereocenters. The average molecular weight is 504 g/mol. The first-order valence-corrected chi connectivity index (χ1v) is 14.5. The number of nitrogens with zero attached hydrogens (tertiary/aromatic N) is 1. The molecule has 4 aromatic carbocycles. The highest BCUT2D eigenvalue weighted by Gasteiger charge is 2.20. The van der Waals surface area contributed by atoms with Gasteiger partial charge in [-0.1, -0.05) is 92.4 Å². The van der Waals surface area contributed by atoms with Crippen molar-refractivity contribution in [2.24, 2.45) is 0 Å². The molecule has 0 spiro atoms. The number of hydrogen-bond donors (Lipinski definition) is 0. The van der Waals surface area contributed by atoms with Crippen LogP contribution in [0.5, 0.6) is 0 Å². The Morgan fingerprint density at radius 3 is 2.16 bits per heavy atom. The number of rotatable bonds is 9. The number of likely N-dealkylation sites (tertiary alicyclic amines) is 1. The SMILES string of the molecule is CCCCCCN1CCC(c2ccc(-c3cc(C(C)=O)cc4cc(-c5ccc(C)cc5)ccc34)cc2)CC1. The molecule has 196 valence electrons. The van der Waals surface area contributed by atoms with Gasteiger partial charge < -0.3 is 4.90 Å². The van der Waals surface area contributed by atoms with Crippen molar-refractivity contribution < 1.29 is 4.79 Å². The second-order valence-corrected chi connectivity index (χ2v) is 11.2. The maximum atomic E-state index is 12.4. The maximum Gasteiger partial charge on any atom is 0.159 e. The maximum absolute atomic E-state index is 12.4. The zero-order valence-electron chi connectivity index (χ0n) is 23.3. The van der Waals surface area contributed by atoms with Gasteiger partial charge >= 0.3 is 0 Å². The zero-order valence-corrected chi connectivity index (χ0v) is 23.3. The van der Waals surface area contributed by atoms with E-state index in [1.165, 1.54) is 91.4 Å². The van der Waals surface area contributed by atoms with E-state index in [9.17, 15) is 4.79 Å². The van der Waals surface area contributed by atoms with Gasteiger partial charge in [0.2, 0.25) is 0 Å². The van der Waals surface area contributed by atoms with Crippen LogP contribution in [-0.4, -0.2) is 30.3 Å². The standard InChI is InChI=1S/C36H41NO/c1-4-5-6-7-20-37-21-18-30(19-22-37)28-12-14-31(15-13-28)36-25-33(27(3)38)24-34-23-32(16-17-35(34)36)29-10-8-26(2)9-11-29/h8-17,23-25,30H,4-7,18-22H2,1-3H3. The Bertz CT molecular complexity index is 1380. The number of fused-ring (bicyclic) bond motifs is 1. The monoisotopic (exact) mass is 503 g/mol. The smallest absolute Gasteiger partial charge is 0.159 e. The fourth-order valence-electron chi connectivity index (χ4n) is 5.92. The summed E-state index contributed by atoms with van der Waals surface area (Å²) in [7, 11) is 0. The highest BCUT2D eigenvalue weighted by Crippen LogP contribution is 2.35. The number of ketones is 1.